The summed E-state index contributed by atoms with van der Waals surface area (Å²) in [7, 11) is 1.64. The number of halogens is 1. The number of anilines is 2. The van der Waals surface area contributed by atoms with Crippen LogP contribution in [-0.4, -0.2) is 46.4 Å². The van der Waals surface area contributed by atoms with E-state index >= 15 is 0 Å². The summed E-state index contributed by atoms with van der Waals surface area (Å²) in [6, 6.07) is 12.3. The van der Waals surface area contributed by atoms with E-state index in [1.54, 1.807) is 31.3 Å². The molecule has 0 spiro atoms. The summed E-state index contributed by atoms with van der Waals surface area (Å²) >= 11 is 6.07. The molecule has 2 aromatic heterocycles. The maximum Gasteiger partial charge on any atom is 0.413 e. The molecular formula is C24H27ClN6O3. The number of hydrogen-bond acceptors (Lipinski definition) is 6. The molecule has 2 N–H and O–H groups in total. The zero-order chi connectivity index (χ0) is 23.9. The smallest absolute Gasteiger partial charge is 0.390 e. The molecule has 10 heteroatoms. The Balaban J connectivity index is 1.20. The number of benzene rings is 1. The number of pyridine rings is 1. The third-order valence-corrected chi connectivity index (χ3v) is 6.21. The van der Waals surface area contributed by atoms with E-state index in [-0.39, 0.29) is 11.8 Å². The van der Waals surface area contributed by atoms with Crippen LogP contribution in [0.25, 0.3) is 0 Å². The van der Waals surface area contributed by atoms with Crippen molar-refractivity contribution < 1.29 is 14.3 Å². The molecule has 1 aliphatic heterocycles. The Morgan fingerprint density at radius 3 is 2.62 bits per heavy atom. The van der Waals surface area contributed by atoms with Gasteiger partial charge in [0.25, 0.3) is 5.91 Å². The molecule has 0 atom stereocenters. The summed E-state index contributed by atoms with van der Waals surface area (Å²) in [6.07, 6.45) is 6.10. The van der Waals surface area contributed by atoms with E-state index in [2.05, 4.69) is 25.6 Å². The fourth-order valence-electron chi connectivity index (χ4n) is 3.98. The van der Waals surface area contributed by atoms with E-state index < -0.39 is 6.09 Å². The number of nitrogens with one attached hydrogen (secondary N) is 2. The van der Waals surface area contributed by atoms with E-state index in [9.17, 15) is 9.59 Å². The number of aryl methyl sites for hydroxylation is 1. The third kappa shape index (κ3) is 6.05. The van der Waals surface area contributed by atoms with Crippen LogP contribution in [0.4, 0.5) is 16.3 Å². The standard InChI is InChI=1S/C24H27ClN6O3/c1-30-21(28-23(32)19-4-2-3-5-20(19)25)16-22(29-30)34-24(33)27-13-6-17-9-14-31(15-10-17)18-7-11-26-12-8-18/h2-5,7-8,11-12,16-17H,6,9-10,13-15H2,1H3,(H,27,33)(H,28,32). The summed E-state index contributed by atoms with van der Waals surface area (Å²) in [5.41, 5.74) is 1.55. The van der Waals surface area contributed by atoms with Crippen LogP contribution in [0.5, 0.6) is 5.88 Å². The van der Waals surface area contributed by atoms with Crippen LogP contribution >= 0.6 is 11.6 Å². The van der Waals surface area contributed by atoms with Gasteiger partial charge < -0.3 is 20.3 Å². The minimum Gasteiger partial charge on any atom is -0.390 e. The van der Waals surface area contributed by atoms with Crippen LogP contribution in [0.2, 0.25) is 5.02 Å². The predicted molar refractivity (Wildman–Crippen MR) is 130 cm³/mol. The molecule has 1 aliphatic rings. The van der Waals surface area contributed by atoms with Crippen molar-refractivity contribution in [3.8, 4) is 5.88 Å². The first-order chi connectivity index (χ1) is 16.5. The Morgan fingerprint density at radius 2 is 1.88 bits per heavy atom. The van der Waals surface area contributed by atoms with Crippen molar-refractivity contribution >= 4 is 35.1 Å². The lowest BCUT2D eigenvalue weighted by molar-refractivity contribution is 0.102. The molecule has 3 aromatic rings. The van der Waals surface area contributed by atoms with Gasteiger partial charge in [-0.15, -0.1) is 5.10 Å². The summed E-state index contributed by atoms with van der Waals surface area (Å²) in [6.45, 7) is 2.52. The fraction of sp³-hybridized carbons (Fsp3) is 0.333. The molecule has 4 rings (SSSR count). The number of carbonyl (C=O) groups excluding carboxylic acids is 2. The van der Waals surface area contributed by atoms with E-state index in [1.165, 1.54) is 16.4 Å². The van der Waals surface area contributed by atoms with Crippen LogP contribution in [-0.2, 0) is 7.05 Å². The average Bonchev–Trinajstić information content (AvgIpc) is 3.18. The molecular weight excluding hydrogens is 456 g/mol. The van der Waals surface area contributed by atoms with Gasteiger partial charge in [0, 0.05) is 50.8 Å². The monoisotopic (exact) mass is 482 g/mol. The molecule has 0 bridgehead atoms. The number of carbonyl (C=O) groups is 2. The third-order valence-electron chi connectivity index (χ3n) is 5.88. The van der Waals surface area contributed by atoms with E-state index in [0.29, 0.717) is 28.9 Å². The van der Waals surface area contributed by atoms with E-state index in [1.807, 2.05) is 24.5 Å². The van der Waals surface area contributed by atoms with Gasteiger partial charge >= 0.3 is 6.09 Å². The van der Waals surface area contributed by atoms with Gasteiger partial charge in [0.15, 0.2) is 0 Å². The van der Waals surface area contributed by atoms with Crippen molar-refractivity contribution in [2.75, 3.05) is 29.9 Å². The Hall–Kier alpha value is -3.59. The van der Waals surface area contributed by atoms with Crippen molar-refractivity contribution in [1.82, 2.24) is 20.1 Å². The zero-order valence-corrected chi connectivity index (χ0v) is 19.7. The number of nitrogens with zero attached hydrogens (tertiary/aromatic N) is 4. The van der Waals surface area contributed by atoms with E-state index in [0.717, 1.165) is 32.4 Å². The van der Waals surface area contributed by atoms with Gasteiger partial charge in [0.1, 0.15) is 5.82 Å². The molecule has 1 fully saturated rings. The van der Waals surface area contributed by atoms with Crippen molar-refractivity contribution in [1.29, 1.82) is 0 Å². The predicted octanol–water partition coefficient (Wildman–Crippen LogP) is 4.12. The van der Waals surface area contributed by atoms with Gasteiger partial charge in [0.2, 0.25) is 5.88 Å². The first kappa shape index (κ1) is 23.6. The molecule has 2 amide bonds. The quantitative estimate of drug-likeness (QED) is 0.525. The Bertz CT molecular complexity index is 1130. The molecule has 1 saturated heterocycles. The van der Waals surface area contributed by atoms with Crippen molar-refractivity contribution in [3.05, 3.63) is 65.4 Å². The van der Waals surface area contributed by atoms with Crippen molar-refractivity contribution in [2.45, 2.75) is 19.3 Å². The SMILES string of the molecule is Cn1nc(OC(=O)NCCC2CCN(c3ccncc3)CC2)cc1NC(=O)c1ccccc1Cl. The summed E-state index contributed by atoms with van der Waals surface area (Å²) in [4.78, 5) is 31.1. The average molecular weight is 483 g/mol. The Kier molecular flexibility index (Phi) is 7.64. The second-order valence-corrected chi connectivity index (χ2v) is 8.57. The topological polar surface area (TPSA) is 101 Å². The summed E-state index contributed by atoms with van der Waals surface area (Å²) < 4.78 is 6.70. The lowest BCUT2D eigenvalue weighted by Gasteiger charge is -2.33. The number of ether oxygens (including phenoxy) is 1. The number of amides is 2. The largest absolute Gasteiger partial charge is 0.413 e. The molecule has 1 aromatic carbocycles. The van der Waals surface area contributed by atoms with Gasteiger partial charge in [-0.25, -0.2) is 9.48 Å². The highest BCUT2D eigenvalue weighted by Crippen LogP contribution is 2.24. The number of hydrogen-bond donors (Lipinski definition) is 2. The fourth-order valence-corrected chi connectivity index (χ4v) is 4.20. The lowest BCUT2D eigenvalue weighted by Crippen LogP contribution is -2.35. The van der Waals surface area contributed by atoms with Crippen LogP contribution in [0.1, 0.15) is 29.6 Å². The van der Waals surface area contributed by atoms with Gasteiger partial charge in [-0.1, -0.05) is 23.7 Å². The number of aromatic nitrogens is 3. The molecule has 0 aliphatic carbocycles. The molecule has 178 valence electrons. The minimum absolute atomic E-state index is 0.0973. The highest BCUT2D eigenvalue weighted by molar-refractivity contribution is 6.34. The van der Waals surface area contributed by atoms with Crippen LogP contribution in [0.3, 0.4) is 0 Å². The molecule has 0 saturated carbocycles. The maximum absolute atomic E-state index is 12.4. The Labute approximate surface area is 203 Å². The molecule has 9 nitrogen and oxygen atoms in total. The molecule has 0 unspecified atom stereocenters. The number of rotatable bonds is 7. The number of piperidine rings is 1. The van der Waals surface area contributed by atoms with Crippen molar-refractivity contribution in [3.63, 3.8) is 0 Å². The van der Waals surface area contributed by atoms with Gasteiger partial charge in [-0.05, 0) is 49.4 Å². The van der Waals surface area contributed by atoms with Crippen molar-refractivity contribution in [2.24, 2.45) is 13.0 Å². The van der Waals surface area contributed by atoms with Gasteiger partial charge in [-0.3, -0.25) is 9.78 Å². The van der Waals surface area contributed by atoms with Gasteiger partial charge in [-0.2, -0.15) is 0 Å². The highest BCUT2D eigenvalue weighted by Gasteiger charge is 2.20. The first-order valence-corrected chi connectivity index (χ1v) is 11.6. The molecule has 0 radical (unpaired) electrons. The minimum atomic E-state index is -0.573. The van der Waals surface area contributed by atoms with Gasteiger partial charge in [0.05, 0.1) is 10.6 Å². The van der Waals surface area contributed by atoms with E-state index in [4.69, 9.17) is 16.3 Å². The second kappa shape index (κ2) is 11.0. The normalized spacial score (nSPS) is 14.0. The van der Waals surface area contributed by atoms with Crippen LogP contribution < -0.4 is 20.3 Å². The van der Waals surface area contributed by atoms with Crippen LogP contribution in [0.15, 0.2) is 54.9 Å². The van der Waals surface area contributed by atoms with Crippen LogP contribution in [0, 0.1) is 5.92 Å². The first-order valence-electron chi connectivity index (χ1n) is 11.2. The summed E-state index contributed by atoms with van der Waals surface area (Å²) in [5.74, 6) is 0.660. The second-order valence-electron chi connectivity index (χ2n) is 8.17. The lowest BCUT2D eigenvalue weighted by atomic mass is 9.93. The Morgan fingerprint density at radius 1 is 1.15 bits per heavy atom. The molecule has 34 heavy (non-hydrogen) atoms. The summed E-state index contributed by atoms with van der Waals surface area (Å²) in [5, 5.41) is 9.99. The highest BCUT2D eigenvalue weighted by atomic mass is 35.5. The maximum atomic E-state index is 12.4. The zero-order valence-electron chi connectivity index (χ0n) is 18.9. The molecule has 3 heterocycles.